The van der Waals surface area contributed by atoms with Crippen LogP contribution in [0.4, 0.5) is 0 Å². The highest BCUT2D eigenvalue weighted by Gasteiger charge is 2.27. The maximum Gasteiger partial charge on any atom is 0.226 e. The quantitative estimate of drug-likeness (QED) is 0.888. The van der Waals surface area contributed by atoms with E-state index in [1.165, 1.54) is 0 Å². The molecule has 0 spiro atoms. The molecule has 0 unspecified atom stereocenters. The van der Waals surface area contributed by atoms with Crippen LogP contribution in [0.1, 0.15) is 19.3 Å². The number of aliphatic hydroxyl groups excluding tert-OH is 1. The Hall–Kier alpha value is -2.33. The third-order valence-electron chi connectivity index (χ3n) is 4.45. The Morgan fingerprint density at radius 1 is 1.12 bits per heavy atom. The Kier molecular flexibility index (Phi) is 5.49. The smallest absolute Gasteiger partial charge is 0.226 e. The summed E-state index contributed by atoms with van der Waals surface area (Å²) in [7, 11) is 0. The van der Waals surface area contributed by atoms with E-state index in [-0.39, 0.29) is 18.6 Å². The number of carbonyl (C=O) groups is 1. The average molecular weight is 325 g/mol. The summed E-state index contributed by atoms with van der Waals surface area (Å²) in [6.45, 7) is 1.13. The summed E-state index contributed by atoms with van der Waals surface area (Å²) in [5.41, 5.74) is 2.12. The fourth-order valence-electron chi connectivity index (χ4n) is 3.19. The number of aliphatic hydroxyl groups is 1. The Morgan fingerprint density at radius 2 is 1.88 bits per heavy atom. The number of rotatable bonds is 6. The van der Waals surface area contributed by atoms with E-state index >= 15 is 0 Å². The van der Waals surface area contributed by atoms with Gasteiger partial charge in [0.25, 0.3) is 0 Å². The van der Waals surface area contributed by atoms with E-state index in [2.05, 4.69) is 0 Å². The van der Waals surface area contributed by atoms with Crippen LogP contribution in [0.3, 0.4) is 0 Å². The first kappa shape index (κ1) is 16.5. The lowest BCUT2D eigenvalue weighted by atomic mass is 10.1. The van der Waals surface area contributed by atoms with Gasteiger partial charge in [-0.05, 0) is 24.5 Å². The first-order chi connectivity index (χ1) is 11.8. The van der Waals surface area contributed by atoms with Crippen molar-refractivity contribution < 1.29 is 14.6 Å². The minimum absolute atomic E-state index is 0.0193. The largest absolute Gasteiger partial charge is 0.492 e. The van der Waals surface area contributed by atoms with Gasteiger partial charge in [0.15, 0.2) is 0 Å². The Morgan fingerprint density at radius 3 is 2.67 bits per heavy atom. The molecule has 1 aliphatic heterocycles. The minimum Gasteiger partial charge on any atom is -0.492 e. The number of amides is 1. The Balaban J connectivity index is 1.60. The summed E-state index contributed by atoms with van der Waals surface area (Å²) in [4.78, 5) is 14.1. The molecule has 2 aromatic carbocycles. The molecular formula is C20H23NO3. The van der Waals surface area contributed by atoms with E-state index < -0.39 is 0 Å². The zero-order valence-corrected chi connectivity index (χ0v) is 13.7. The maximum atomic E-state index is 12.3. The van der Waals surface area contributed by atoms with Crippen LogP contribution in [0.2, 0.25) is 0 Å². The lowest BCUT2D eigenvalue weighted by Gasteiger charge is -2.23. The van der Waals surface area contributed by atoms with Gasteiger partial charge in [-0.1, -0.05) is 48.5 Å². The first-order valence-electron chi connectivity index (χ1n) is 8.47. The van der Waals surface area contributed by atoms with Crippen LogP contribution in [-0.2, 0) is 4.79 Å². The van der Waals surface area contributed by atoms with Gasteiger partial charge in [-0.3, -0.25) is 4.79 Å². The van der Waals surface area contributed by atoms with Gasteiger partial charge in [0.2, 0.25) is 5.91 Å². The lowest BCUT2D eigenvalue weighted by Crippen LogP contribution is -2.38. The molecular weight excluding hydrogens is 302 g/mol. The monoisotopic (exact) mass is 325 g/mol. The van der Waals surface area contributed by atoms with Gasteiger partial charge in [-0.2, -0.15) is 0 Å². The van der Waals surface area contributed by atoms with E-state index in [0.29, 0.717) is 13.0 Å². The summed E-state index contributed by atoms with van der Waals surface area (Å²) < 4.78 is 5.88. The number of para-hydroxylation sites is 1. The molecule has 1 saturated heterocycles. The van der Waals surface area contributed by atoms with Crippen LogP contribution in [0, 0.1) is 0 Å². The standard InChI is InChI=1S/C20H23NO3/c22-15-17-9-6-13-21(17)20(23)12-14-24-19-11-5-4-10-18(19)16-7-2-1-3-8-16/h1-5,7-8,10-11,17,22H,6,9,12-15H2/t17-/m1/s1. The predicted molar refractivity (Wildman–Crippen MR) is 93.8 cm³/mol. The molecule has 1 fully saturated rings. The summed E-state index contributed by atoms with van der Waals surface area (Å²) in [5.74, 6) is 0.848. The van der Waals surface area contributed by atoms with E-state index in [4.69, 9.17) is 4.74 Å². The van der Waals surface area contributed by atoms with Crippen molar-refractivity contribution in [2.24, 2.45) is 0 Å². The highest BCUT2D eigenvalue weighted by atomic mass is 16.5. The predicted octanol–water partition coefficient (Wildman–Crippen LogP) is 3.11. The molecule has 1 N–H and O–H groups in total. The minimum atomic E-state index is -0.0193. The number of likely N-dealkylation sites (tertiary alicyclic amines) is 1. The van der Waals surface area contributed by atoms with Crippen LogP contribution in [0.25, 0.3) is 11.1 Å². The highest BCUT2D eigenvalue weighted by Crippen LogP contribution is 2.29. The second-order valence-electron chi connectivity index (χ2n) is 6.03. The normalized spacial score (nSPS) is 17.0. The molecule has 1 aliphatic rings. The van der Waals surface area contributed by atoms with Gasteiger partial charge in [-0.15, -0.1) is 0 Å². The number of hydrogen-bond acceptors (Lipinski definition) is 3. The summed E-state index contributed by atoms with van der Waals surface area (Å²) >= 11 is 0. The first-order valence-corrected chi connectivity index (χ1v) is 8.47. The molecule has 0 bridgehead atoms. The van der Waals surface area contributed by atoms with Crippen LogP contribution in [0.5, 0.6) is 5.75 Å². The number of nitrogens with zero attached hydrogens (tertiary/aromatic N) is 1. The highest BCUT2D eigenvalue weighted by molar-refractivity contribution is 5.77. The number of carbonyl (C=O) groups excluding carboxylic acids is 1. The molecule has 24 heavy (non-hydrogen) atoms. The van der Waals surface area contributed by atoms with Gasteiger partial charge in [-0.25, -0.2) is 0 Å². The molecule has 1 heterocycles. The van der Waals surface area contributed by atoms with Crippen molar-refractivity contribution >= 4 is 5.91 Å². The van der Waals surface area contributed by atoms with E-state index in [9.17, 15) is 9.90 Å². The molecule has 0 aromatic heterocycles. The van der Waals surface area contributed by atoms with Crippen molar-refractivity contribution in [1.29, 1.82) is 0 Å². The second kappa shape index (κ2) is 7.97. The van der Waals surface area contributed by atoms with Crippen LogP contribution in [0.15, 0.2) is 54.6 Å². The zero-order chi connectivity index (χ0) is 16.8. The molecule has 0 radical (unpaired) electrons. The summed E-state index contributed by atoms with van der Waals surface area (Å²) in [5, 5.41) is 9.33. The third kappa shape index (κ3) is 3.77. The fraction of sp³-hybridized carbons (Fsp3) is 0.350. The summed E-state index contributed by atoms with van der Waals surface area (Å²) in [6, 6.07) is 17.9. The van der Waals surface area contributed by atoms with Crippen molar-refractivity contribution in [2.75, 3.05) is 19.8 Å². The molecule has 126 valence electrons. The number of hydrogen-bond donors (Lipinski definition) is 1. The number of ether oxygens (including phenoxy) is 1. The van der Waals surface area contributed by atoms with Crippen molar-refractivity contribution in [1.82, 2.24) is 4.90 Å². The van der Waals surface area contributed by atoms with Crippen molar-refractivity contribution in [3.63, 3.8) is 0 Å². The molecule has 0 aliphatic carbocycles. The number of benzene rings is 2. The average Bonchev–Trinajstić information content (AvgIpc) is 3.12. The Bertz CT molecular complexity index is 672. The van der Waals surface area contributed by atoms with Crippen LogP contribution < -0.4 is 4.74 Å². The van der Waals surface area contributed by atoms with Crippen LogP contribution in [-0.4, -0.2) is 41.7 Å². The second-order valence-corrected chi connectivity index (χ2v) is 6.03. The van der Waals surface area contributed by atoms with Gasteiger partial charge < -0.3 is 14.7 Å². The van der Waals surface area contributed by atoms with E-state index in [1.54, 1.807) is 4.90 Å². The van der Waals surface area contributed by atoms with Crippen molar-refractivity contribution in [3.05, 3.63) is 54.6 Å². The van der Waals surface area contributed by atoms with E-state index in [1.807, 2.05) is 54.6 Å². The van der Waals surface area contributed by atoms with Gasteiger partial charge in [0, 0.05) is 12.1 Å². The molecule has 4 heteroatoms. The maximum absolute atomic E-state index is 12.3. The molecule has 2 aromatic rings. The molecule has 3 rings (SSSR count). The molecule has 0 saturated carbocycles. The topological polar surface area (TPSA) is 49.8 Å². The SMILES string of the molecule is O=C(CCOc1ccccc1-c1ccccc1)N1CCC[C@@H]1CO. The fourth-order valence-corrected chi connectivity index (χ4v) is 3.19. The van der Waals surface area contributed by atoms with Gasteiger partial charge in [0.05, 0.1) is 25.7 Å². The van der Waals surface area contributed by atoms with Crippen molar-refractivity contribution in [3.8, 4) is 16.9 Å². The summed E-state index contributed by atoms with van der Waals surface area (Å²) in [6.07, 6.45) is 2.19. The lowest BCUT2D eigenvalue weighted by molar-refractivity contribution is -0.133. The van der Waals surface area contributed by atoms with Crippen LogP contribution >= 0.6 is 0 Å². The van der Waals surface area contributed by atoms with Gasteiger partial charge >= 0.3 is 0 Å². The van der Waals surface area contributed by atoms with Crippen molar-refractivity contribution in [2.45, 2.75) is 25.3 Å². The molecule has 1 atom stereocenters. The zero-order valence-electron chi connectivity index (χ0n) is 13.7. The Labute approximate surface area is 142 Å². The molecule has 4 nitrogen and oxygen atoms in total. The van der Waals surface area contributed by atoms with Gasteiger partial charge in [0.1, 0.15) is 5.75 Å². The third-order valence-corrected chi connectivity index (χ3v) is 4.45. The molecule has 1 amide bonds. The van der Waals surface area contributed by atoms with E-state index in [0.717, 1.165) is 36.3 Å².